The maximum atomic E-state index is 11.7. The largest absolute Gasteiger partial charge is 0.414 e. The van der Waals surface area contributed by atoms with Crippen LogP contribution in [0.25, 0.3) is 0 Å². The number of carbonyl (C=O) groups excluding carboxylic acids is 1. The minimum Gasteiger partial charge on any atom is -0.410 e. The van der Waals surface area contributed by atoms with Crippen molar-refractivity contribution < 1.29 is 9.53 Å². The number of ether oxygens (including phenoxy) is 1. The molecule has 4 nitrogen and oxygen atoms in total. The molecule has 0 unspecified atom stereocenters. The van der Waals surface area contributed by atoms with Crippen LogP contribution in [0.1, 0.15) is 50.1 Å². The van der Waals surface area contributed by atoms with Crippen LogP contribution in [0.15, 0.2) is 24.3 Å². The summed E-state index contributed by atoms with van der Waals surface area (Å²) < 4.78 is 5.42. The number of benzene rings is 1. The number of hydrogen-bond donors (Lipinski definition) is 0. The van der Waals surface area contributed by atoms with Gasteiger partial charge in [0, 0.05) is 26.2 Å². The van der Waals surface area contributed by atoms with Gasteiger partial charge in [0.05, 0.1) is 0 Å². The van der Waals surface area contributed by atoms with Gasteiger partial charge in [-0.3, -0.25) is 4.90 Å². The lowest BCUT2D eigenvalue weighted by molar-refractivity contribution is 0.0363. The Bertz CT molecular complexity index is 558. The Morgan fingerprint density at radius 3 is 2.74 bits per heavy atom. The predicted octanol–water partition coefficient (Wildman–Crippen LogP) is 4.07. The SMILES string of the molecule is CN(C)C(=O)Oc1cccc([C@H]2CC[C@H]3CCCC[C@@H]3N2C)c1. The number of fused-ring (bicyclic) bond motifs is 1. The molecule has 1 amide bonds. The summed E-state index contributed by atoms with van der Waals surface area (Å²) in [4.78, 5) is 15.8. The maximum absolute atomic E-state index is 11.7. The Hall–Kier alpha value is -1.55. The van der Waals surface area contributed by atoms with Crippen LogP contribution in [-0.4, -0.2) is 43.1 Å². The van der Waals surface area contributed by atoms with Gasteiger partial charge in [-0.25, -0.2) is 4.79 Å². The van der Waals surface area contributed by atoms with E-state index in [9.17, 15) is 4.79 Å². The van der Waals surface area contributed by atoms with E-state index in [4.69, 9.17) is 4.74 Å². The van der Waals surface area contributed by atoms with Gasteiger partial charge in [-0.05, 0) is 56.3 Å². The molecule has 2 fully saturated rings. The number of amides is 1. The third-order valence-electron chi connectivity index (χ3n) is 5.51. The summed E-state index contributed by atoms with van der Waals surface area (Å²) in [5.41, 5.74) is 1.26. The number of carbonyl (C=O) groups is 1. The molecule has 4 heteroatoms. The van der Waals surface area contributed by atoms with Gasteiger partial charge < -0.3 is 9.64 Å². The van der Waals surface area contributed by atoms with Gasteiger partial charge in [-0.1, -0.05) is 25.0 Å². The standard InChI is InChI=1S/C19H28N2O2/c1-20(2)19(22)23-16-9-6-8-15(13-16)18-12-11-14-7-4-5-10-17(14)21(18)3/h6,8-9,13-14,17-18H,4-5,7,10-12H2,1-3H3/t14-,17+,18-/m1/s1. The van der Waals surface area contributed by atoms with Crippen molar-refractivity contribution in [2.24, 2.45) is 5.92 Å². The molecule has 3 rings (SSSR count). The van der Waals surface area contributed by atoms with Gasteiger partial charge in [0.15, 0.2) is 0 Å². The third kappa shape index (κ3) is 3.52. The molecule has 1 aliphatic carbocycles. The lowest BCUT2D eigenvalue weighted by Gasteiger charge is -2.47. The minimum atomic E-state index is -0.327. The fraction of sp³-hybridized carbons (Fsp3) is 0.632. The van der Waals surface area contributed by atoms with E-state index < -0.39 is 0 Å². The average Bonchev–Trinajstić information content (AvgIpc) is 2.55. The van der Waals surface area contributed by atoms with Crippen molar-refractivity contribution in [2.45, 2.75) is 50.6 Å². The molecule has 1 aliphatic heterocycles. The van der Waals surface area contributed by atoms with Crippen molar-refractivity contribution in [3.05, 3.63) is 29.8 Å². The van der Waals surface area contributed by atoms with Crippen LogP contribution in [0, 0.1) is 5.92 Å². The first-order valence-electron chi connectivity index (χ1n) is 8.77. The molecule has 0 N–H and O–H groups in total. The van der Waals surface area contributed by atoms with E-state index in [-0.39, 0.29) is 6.09 Å². The molecule has 1 saturated heterocycles. The van der Waals surface area contributed by atoms with E-state index in [0.29, 0.717) is 11.8 Å². The molecule has 1 aromatic carbocycles. The molecule has 2 aliphatic rings. The van der Waals surface area contributed by atoms with Crippen LogP contribution < -0.4 is 4.74 Å². The molecule has 1 aromatic rings. The molecule has 1 saturated carbocycles. The molecular formula is C19H28N2O2. The van der Waals surface area contributed by atoms with E-state index in [2.05, 4.69) is 18.0 Å². The first-order valence-corrected chi connectivity index (χ1v) is 8.77. The second-order valence-electron chi connectivity index (χ2n) is 7.21. The Morgan fingerprint density at radius 2 is 1.96 bits per heavy atom. The van der Waals surface area contributed by atoms with E-state index in [1.54, 1.807) is 14.1 Å². The second kappa shape index (κ2) is 6.91. The Balaban J connectivity index is 1.75. The summed E-state index contributed by atoms with van der Waals surface area (Å²) in [5.74, 6) is 1.51. The van der Waals surface area contributed by atoms with Gasteiger partial charge in [-0.2, -0.15) is 0 Å². The van der Waals surface area contributed by atoms with E-state index in [1.807, 2.05) is 18.2 Å². The second-order valence-corrected chi connectivity index (χ2v) is 7.21. The zero-order chi connectivity index (χ0) is 16.4. The van der Waals surface area contributed by atoms with Crippen LogP contribution in [-0.2, 0) is 0 Å². The molecule has 23 heavy (non-hydrogen) atoms. The zero-order valence-corrected chi connectivity index (χ0v) is 14.5. The number of piperidine rings is 1. The number of likely N-dealkylation sites (tertiary alicyclic amines) is 1. The quantitative estimate of drug-likeness (QED) is 0.824. The molecule has 126 valence electrons. The Kier molecular flexibility index (Phi) is 4.90. The van der Waals surface area contributed by atoms with E-state index >= 15 is 0 Å². The number of rotatable bonds is 2. The van der Waals surface area contributed by atoms with Gasteiger partial charge in [-0.15, -0.1) is 0 Å². The van der Waals surface area contributed by atoms with Crippen LogP contribution in [0.3, 0.4) is 0 Å². The van der Waals surface area contributed by atoms with Crippen LogP contribution >= 0.6 is 0 Å². The van der Waals surface area contributed by atoms with Crippen LogP contribution in [0.5, 0.6) is 5.75 Å². The molecule has 0 aromatic heterocycles. The van der Waals surface area contributed by atoms with Crippen LogP contribution in [0.2, 0.25) is 0 Å². The van der Waals surface area contributed by atoms with Gasteiger partial charge in [0.2, 0.25) is 0 Å². The predicted molar refractivity (Wildman–Crippen MR) is 91.6 cm³/mol. The summed E-state index contributed by atoms with van der Waals surface area (Å²) in [7, 11) is 5.67. The number of nitrogens with zero attached hydrogens (tertiary/aromatic N) is 2. The fourth-order valence-electron chi connectivity index (χ4n) is 4.25. The smallest absolute Gasteiger partial charge is 0.410 e. The summed E-state index contributed by atoms with van der Waals surface area (Å²) in [5, 5.41) is 0. The third-order valence-corrected chi connectivity index (χ3v) is 5.51. The highest BCUT2D eigenvalue weighted by atomic mass is 16.6. The van der Waals surface area contributed by atoms with Gasteiger partial charge in [0.1, 0.15) is 5.75 Å². The highest BCUT2D eigenvalue weighted by Crippen LogP contribution is 2.42. The Morgan fingerprint density at radius 1 is 1.17 bits per heavy atom. The van der Waals surface area contributed by atoms with Crippen molar-refractivity contribution >= 4 is 6.09 Å². The highest BCUT2D eigenvalue weighted by Gasteiger charge is 2.36. The first kappa shape index (κ1) is 16.3. The van der Waals surface area contributed by atoms with Gasteiger partial charge >= 0.3 is 6.09 Å². The monoisotopic (exact) mass is 316 g/mol. The van der Waals surface area contributed by atoms with Crippen molar-refractivity contribution in [2.75, 3.05) is 21.1 Å². The summed E-state index contributed by atoms with van der Waals surface area (Å²) >= 11 is 0. The molecular weight excluding hydrogens is 288 g/mol. The topological polar surface area (TPSA) is 32.8 Å². The lowest BCUT2D eigenvalue weighted by Crippen LogP contribution is -2.46. The molecule has 0 radical (unpaired) electrons. The molecule has 3 atom stereocenters. The normalized spacial score (nSPS) is 28.0. The molecule has 0 bridgehead atoms. The molecule has 0 spiro atoms. The zero-order valence-electron chi connectivity index (χ0n) is 14.5. The maximum Gasteiger partial charge on any atom is 0.414 e. The van der Waals surface area contributed by atoms with Crippen molar-refractivity contribution in [3.63, 3.8) is 0 Å². The summed E-state index contributed by atoms with van der Waals surface area (Å²) in [6, 6.07) is 9.21. The molecule has 1 heterocycles. The minimum absolute atomic E-state index is 0.327. The van der Waals surface area contributed by atoms with Crippen molar-refractivity contribution in [1.82, 2.24) is 9.80 Å². The van der Waals surface area contributed by atoms with E-state index in [0.717, 1.165) is 12.0 Å². The Labute approximate surface area is 139 Å². The van der Waals surface area contributed by atoms with Crippen molar-refractivity contribution in [3.8, 4) is 5.75 Å². The summed E-state index contributed by atoms with van der Waals surface area (Å²) in [6.45, 7) is 0. The summed E-state index contributed by atoms with van der Waals surface area (Å²) in [6.07, 6.45) is 7.67. The van der Waals surface area contributed by atoms with Crippen molar-refractivity contribution in [1.29, 1.82) is 0 Å². The lowest BCUT2D eigenvalue weighted by atomic mass is 9.75. The average molecular weight is 316 g/mol. The first-order chi connectivity index (χ1) is 11.1. The number of hydrogen-bond acceptors (Lipinski definition) is 3. The fourth-order valence-corrected chi connectivity index (χ4v) is 4.25. The van der Waals surface area contributed by atoms with E-state index in [1.165, 1.54) is 49.0 Å². The van der Waals surface area contributed by atoms with Gasteiger partial charge in [0.25, 0.3) is 0 Å². The van der Waals surface area contributed by atoms with Crippen LogP contribution in [0.4, 0.5) is 4.79 Å². The highest BCUT2D eigenvalue weighted by molar-refractivity contribution is 5.70.